The van der Waals surface area contributed by atoms with Gasteiger partial charge in [0.05, 0.1) is 17.7 Å². The summed E-state index contributed by atoms with van der Waals surface area (Å²) in [5, 5.41) is 0.119. The molecule has 0 aromatic heterocycles. The number of benzene rings is 1. The number of carbonyl (C=O) groups is 1. The maximum absolute atomic E-state index is 11.3. The van der Waals surface area contributed by atoms with Crippen molar-refractivity contribution in [3.05, 3.63) is 22.7 Å². The summed E-state index contributed by atoms with van der Waals surface area (Å²) in [6.07, 6.45) is 0. The number of hydrogen-bond donors (Lipinski definition) is 0. The number of Topliss-reactive ketones (excluding diaryl/α,β-unsaturated/α-hetero) is 1. The van der Waals surface area contributed by atoms with Gasteiger partial charge in [-0.15, -0.1) is 0 Å². The molecule has 88 valence electrons. The largest absolute Gasteiger partial charge is 0.495 e. The van der Waals surface area contributed by atoms with E-state index in [0.29, 0.717) is 0 Å². The topological polar surface area (TPSA) is 60.4 Å². The molecule has 0 saturated carbocycles. The Morgan fingerprint density at radius 2 is 1.94 bits per heavy atom. The van der Waals surface area contributed by atoms with Gasteiger partial charge in [-0.05, 0) is 19.1 Å². The molecule has 0 amide bonds. The van der Waals surface area contributed by atoms with Crippen LogP contribution in [0.15, 0.2) is 17.0 Å². The monoisotopic (exact) mass is 282 g/mol. The summed E-state index contributed by atoms with van der Waals surface area (Å²) in [4.78, 5) is 11.1. The van der Waals surface area contributed by atoms with Gasteiger partial charge in [0.25, 0.3) is 9.05 Å². The average molecular weight is 283 g/mol. The molecule has 0 atom stereocenters. The maximum atomic E-state index is 11.3. The Hall–Kier alpha value is -0.780. The summed E-state index contributed by atoms with van der Waals surface area (Å²) in [5.41, 5.74) is 0.00546. The van der Waals surface area contributed by atoms with Crippen molar-refractivity contribution >= 4 is 37.1 Å². The maximum Gasteiger partial charge on any atom is 0.265 e. The van der Waals surface area contributed by atoms with E-state index in [0.717, 1.165) is 0 Å². The lowest BCUT2D eigenvalue weighted by Crippen LogP contribution is -2.04. The molecule has 0 aliphatic carbocycles. The van der Waals surface area contributed by atoms with Gasteiger partial charge < -0.3 is 4.74 Å². The van der Waals surface area contributed by atoms with Crippen LogP contribution >= 0.6 is 22.3 Å². The molecule has 7 heteroatoms. The Morgan fingerprint density at radius 1 is 1.38 bits per heavy atom. The number of methoxy groups -OCH3 is 1. The highest BCUT2D eigenvalue weighted by Crippen LogP contribution is 2.35. The lowest BCUT2D eigenvalue weighted by atomic mass is 10.1. The summed E-state index contributed by atoms with van der Waals surface area (Å²) in [5.74, 6) is -0.529. The van der Waals surface area contributed by atoms with Gasteiger partial charge in [-0.3, -0.25) is 4.79 Å². The fraction of sp³-hybridized carbons (Fsp3) is 0.222. The smallest absolute Gasteiger partial charge is 0.265 e. The van der Waals surface area contributed by atoms with Gasteiger partial charge in [-0.2, -0.15) is 0 Å². The van der Waals surface area contributed by atoms with Crippen molar-refractivity contribution in [2.45, 2.75) is 11.8 Å². The lowest BCUT2D eigenvalue weighted by molar-refractivity contribution is 0.101. The summed E-state index contributed by atoms with van der Waals surface area (Å²) in [6.45, 7) is 1.26. The second-order valence-electron chi connectivity index (χ2n) is 2.95. The second-order valence-corrected chi connectivity index (χ2v) is 5.89. The zero-order valence-corrected chi connectivity index (χ0v) is 10.8. The first kappa shape index (κ1) is 13.3. The minimum absolute atomic E-state index is 0.00546. The van der Waals surface area contributed by atoms with Crippen LogP contribution in [0.1, 0.15) is 17.3 Å². The highest BCUT2D eigenvalue weighted by atomic mass is 35.7. The molecule has 16 heavy (non-hydrogen) atoms. The predicted molar refractivity (Wildman–Crippen MR) is 61.0 cm³/mol. The Labute approximate surface area is 103 Å². The SMILES string of the molecule is COc1c(S(=O)(=O)Cl)ccc(Cl)c1C(C)=O. The Kier molecular flexibility index (Phi) is 3.83. The molecule has 0 N–H and O–H groups in total. The minimum atomic E-state index is -3.98. The fourth-order valence-electron chi connectivity index (χ4n) is 1.26. The van der Waals surface area contributed by atoms with Crippen LogP contribution in [-0.2, 0) is 9.05 Å². The van der Waals surface area contributed by atoms with E-state index < -0.39 is 14.8 Å². The molecule has 0 fully saturated rings. The quantitative estimate of drug-likeness (QED) is 0.631. The molecular weight excluding hydrogens is 275 g/mol. The first-order valence-electron chi connectivity index (χ1n) is 4.11. The molecule has 1 rings (SSSR count). The highest BCUT2D eigenvalue weighted by molar-refractivity contribution is 8.13. The van der Waals surface area contributed by atoms with Crippen molar-refractivity contribution in [2.75, 3.05) is 7.11 Å². The Bertz CT molecular complexity index is 537. The van der Waals surface area contributed by atoms with Crippen LogP contribution in [0.2, 0.25) is 5.02 Å². The standard InChI is InChI=1S/C9H8Cl2O4S/c1-5(12)8-6(10)3-4-7(9(8)15-2)16(11,13)14/h3-4H,1-2H3. The number of carbonyl (C=O) groups excluding carboxylic acids is 1. The molecule has 0 unspecified atom stereocenters. The first-order chi connectivity index (χ1) is 7.29. The van der Waals surface area contributed by atoms with Gasteiger partial charge in [-0.1, -0.05) is 11.6 Å². The van der Waals surface area contributed by atoms with Crippen LogP contribution < -0.4 is 4.74 Å². The first-order valence-corrected chi connectivity index (χ1v) is 6.80. The molecule has 4 nitrogen and oxygen atoms in total. The second kappa shape index (κ2) is 4.61. The van der Waals surface area contributed by atoms with E-state index in [2.05, 4.69) is 0 Å². The zero-order valence-electron chi connectivity index (χ0n) is 8.45. The van der Waals surface area contributed by atoms with Gasteiger partial charge in [0.1, 0.15) is 4.90 Å². The summed E-state index contributed by atoms with van der Waals surface area (Å²) in [7, 11) is 2.47. The van der Waals surface area contributed by atoms with E-state index in [1.165, 1.54) is 26.2 Å². The van der Waals surface area contributed by atoms with Crippen molar-refractivity contribution in [1.82, 2.24) is 0 Å². The van der Waals surface area contributed by atoms with Gasteiger partial charge in [-0.25, -0.2) is 8.42 Å². The summed E-state index contributed by atoms with van der Waals surface area (Å²) in [6, 6.07) is 2.48. The van der Waals surface area contributed by atoms with Crippen molar-refractivity contribution < 1.29 is 17.9 Å². The van der Waals surface area contributed by atoms with E-state index in [-0.39, 0.29) is 21.2 Å². The van der Waals surface area contributed by atoms with Crippen LogP contribution in [0.5, 0.6) is 5.75 Å². The number of ketones is 1. The summed E-state index contributed by atoms with van der Waals surface area (Å²) >= 11 is 5.79. The summed E-state index contributed by atoms with van der Waals surface area (Å²) < 4.78 is 27.3. The third-order valence-electron chi connectivity index (χ3n) is 1.89. The molecule has 0 aliphatic rings. The predicted octanol–water partition coefficient (Wildman–Crippen LogP) is 2.48. The Balaban J connectivity index is 3.69. The van der Waals surface area contributed by atoms with Crippen LogP contribution in [-0.4, -0.2) is 21.3 Å². The van der Waals surface area contributed by atoms with E-state index in [1.54, 1.807) is 0 Å². The van der Waals surface area contributed by atoms with Gasteiger partial charge in [0.2, 0.25) is 0 Å². The minimum Gasteiger partial charge on any atom is -0.495 e. The van der Waals surface area contributed by atoms with Gasteiger partial charge in [0, 0.05) is 10.7 Å². The normalized spacial score (nSPS) is 11.2. The molecule has 0 heterocycles. The molecule has 1 aromatic rings. The van der Waals surface area contributed by atoms with Crippen LogP contribution in [0.4, 0.5) is 0 Å². The molecule has 0 radical (unpaired) electrons. The van der Waals surface area contributed by atoms with E-state index in [4.69, 9.17) is 27.0 Å². The van der Waals surface area contributed by atoms with E-state index in [1.807, 2.05) is 0 Å². The highest BCUT2D eigenvalue weighted by Gasteiger charge is 2.23. The number of hydrogen-bond acceptors (Lipinski definition) is 4. The van der Waals surface area contributed by atoms with Crippen molar-refractivity contribution in [3.8, 4) is 5.75 Å². The van der Waals surface area contributed by atoms with Crippen molar-refractivity contribution in [2.24, 2.45) is 0 Å². The molecule has 0 saturated heterocycles. The molecular formula is C9H8Cl2O4S. The molecule has 0 bridgehead atoms. The lowest BCUT2D eigenvalue weighted by Gasteiger charge is -2.10. The van der Waals surface area contributed by atoms with Crippen molar-refractivity contribution in [1.29, 1.82) is 0 Å². The van der Waals surface area contributed by atoms with Gasteiger partial charge >= 0.3 is 0 Å². The number of ether oxygens (including phenoxy) is 1. The van der Waals surface area contributed by atoms with E-state index in [9.17, 15) is 13.2 Å². The van der Waals surface area contributed by atoms with Gasteiger partial charge in [0.15, 0.2) is 11.5 Å². The molecule has 0 spiro atoms. The molecule has 0 aliphatic heterocycles. The van der Waals surface area contributed by atoms with Crippen molar-refractivity contribution in [3.63, 3.8) is 0 Å². The Morgan fingerprint density at radius 3 is 2.31 bits per heavy atom. The van der Waals surface area contributed by atoms with Crippen LogP contribution in [0, 0.1) is 0 Å². The van der Waals surface area contributed by atoms with E-state index >= 15 is 0 Å². The fourth-order valence-corrected chi connectivity index (χ4v) is 2.55. The number of halogens is 2. The number of rotatable bonds is 3. The van der Waals surface area contributed by atoms with Crippen LogP contribution in [0.3, 0.4) is 0 Å². The third kappa shape index (κ3) is 2.48. The zero-order chi connectivity index (χ0) is 12.5. The third-order valence-corrected chi connectivity index (χ3v) is 3.55. The average Bonchev–Trinajstić information content (AvgIpc) is 2.14. The molecule has 1 aromatic carbocycles. The van der Waals surface area contributed by atoms with Crippen LogP contribution in [0.25, 0.3) is 0 Å².